The lowest BCUT2D eigenvalue weighted by atomic mass is 10.1. The molecule has 1 rings (SSSR count). The second-order valence-corrected chi connectivity index (χ2v) is 4.73. The molecule has 0 unspecified atom stereocenters. The maximum atomic E-state index is 11.5. The van der Waals surface area contributed by atoms with E-state index in [1.54, 1.807) is 7.05 Å². The highest BCUT2D eigenvalue weighted by Crippen LogP contribution is 2.19. The summed E-state index contributed by atoms with van der Waals surface area (Å²) in [6.45, 7) is 5.75. The molecule has 0 radical (unpaired) electrons. The van der Waals surface area contributed by atoms with Gasteiger partial charge in [0.05, 0.1) is 6.04 Å². The SMILES string of the molecule is CNC(=O)[C@@H]1CCCN1CC(C)(C)N.Cl. The lowest BCUT2D eigenvalue weighted by Crippen LogP contribution is -2.50. The molecule has 1 aliphatic heterocycles. The van der Waals surface area contributed by atoms with Crippen LogP contribution in [0.1, 0.15) is 26.7 Å². The van der Waals surface area contributed by atoms with Crippen molar-refractivity contribution in [3.05, 3.63) is 0 Å². The molecule has 0 spiro atoms. The van der Waals surface area contributed by atoms with E-state index in [1.807, 2.05) is 13.8 Å². The Balaban J connectivity index is 0.00000196. The van der Waals surface area contributed by atoms with Crippen molar-refractivity contribution in [3.8, 4) is 0 Å². The van der Waals surface area contributed by atoms with Gasteiger partial charge >= 0.3 is 0 Å². The molecule has 1 heterocycles. The van der Waals surface area contributed by atoms with Crippen LogP contribution >= 0.6 is 12.4 Å². The molecular formula is C10H22ClN3O. The first-order valence-corrected chi connectivity index (χ1v) is 5.18. The fraction of sp³-hybridized carbons (Fsp3) is 0.900. The van der Waals surface area contributed by atoms with Crippen LogP contribution in [0.2, 0.25) is 0 Å². The molecule has 1 saturated heterocycles. The molecule has 1 aliphatic rings. The van der Waals surface area contributed by atoms with E-state index in [2.05, 4.69) is 10.2 Å². The van der Waals surface area contributed by atoms with E-state index in [4.69, 9.17) is 5.73 Å². The Hall–Kier alpha value is -0.320. The van der Waals surface area contributed by atoms with Crippen molar-refractivity contribution in [1.29, 1.82) is 0 Å². The third kappa shape index (κ3) is 4.36. The number of nitrogens with zero attached hydrogens (tertiary/aromatic N) is 1. The first kappa shape index (κ1) is 14.7. The van der Waals surface area contributed by atoms with Gasteiger partial charge in [-0.2, -0.15) is 0 Å². The fourth-order valence-corrected chi connectivity index (χ4v) is 2.00. The zero-order chi connectivity index (χ0) is 10.8. The van der Waals surface area contributed by atoms with E-state index >= 15 is 0 Å². The number of amides is 1. The van der Waals surface area contributed by atoms with Gasteiger partial charge < -0.3 is 11.1 Å². The van der Waals surface area contributed by atoms with Crippen LogP contribution in [0.4, 0.5) is 0 Å². The average molecular weight is 236 g/mol. The highest BCUT2D eigenvalue weighted by Gasteiger charge is 2.32. The number of likely N-dealkylation sites (N-methyl/N-ethyl adjacent to an activating group) is 1. The number of carbonyl (C=O) groups is 1. The Bertz CT molecular complexity index is 215. The monoisotopic (exact) mass is 235 g/mol. The smallest absolute Gasteiger partial charge is 0.237 e. The van der Waals surface area contributed by atoms with E-state index in [0.29, 0.717) is 0 Å². The van der Waals surface area contributed by atoms with Gasteiger partial charge in [-0.05, 0) is 33.2 Å². The maximum Gasteiger partial charge on any atom is 0.237 e. The van der Waals surface area contributed by atoms with Crippen LogP contribution in [0, 0.1) is 0 Å². The Labute approximate surface area is 98.0 Å². The van der Waals surface area contributed by atoms with Gasteiger partial charge in [-0.3, -0.25) is 9.69 Å². The second kappa shape index (κ2) is 5.68. The Morgan fingerprint density at radius 1 is 1.60 bits per heavy atom. The summed E-state index contributed by atoms with van der Waals surface area (Å²) < 4.78 is 0. The molecule has 0 aromatic rings. The predicted molar refractivity (Wildman–Crippen MR) is 64.2 cm³/mol. The average Bonchev–Trinajstić information content (AvgIpc) is 2.48. The number of nitrogens with one attached hydrogen (secondary N) is 1. The van der Waals surface area contributed by atoms with Crippen molar-refractivity contribution in [1.82, 2.24) is 10.2 Å². The summed E-state index contributed by atoms with van der Waals surface area (Å²) in [5.41, 5.74) is 5.72. The molecule has 0 saturated carbocycles. The molecule has 0 bridgehead atoms. The molecule has 0 aromatic carbocycles. The number of likely N-dealkylation sites (tertiary alicyclic amines) is 1. The van der Waals surface area contributed by atoms with Gasteiger partial charge in [0, 0.05) is 19.1 Å². The van der Waals surface area contributed by atoms with Crippen molar-refractivity contribution in [2.45, 2.75) is 38.3 Å². The Morgan fingerprint density at radius 2 is 2.20 bits per heavy atom. The number of halogens is 1. The maximum absolute atomic E-state index is 11.5. The third-order valence-electron chi connectivity index (χ3n) is 2.52. The van der Waals surface area contributed by atoms with Crippen molar-refractivity contribution < 1.29 is 4.79 Å². The first-order chi connectivity index (χ1) is 6.44. The molecule has 15 heavy (non-hydrogen) atoms. The molecular weight excluding hydrogens is 214 g/mol. The molecule has 4 nitrogen and oxygen atoms in total. The largest absolute Gasteiger partial charge is 0.358 e. The summed E-state index contributed by atoms with van der Waals surface area (Å²) in [5, 5.41) is 2.70. The van der Waals surface area contributed by atoms with Crippen LogP contribution in [0.5, 0.6) is 0 Å². The van der Waals surface area contributed by atoms with Gasteiger partial charge in [0.25, 0.3) is 0 Å². The summed E-state index contributed by atoms with van der Waals surface area (Å²) in [6.07, 6.45) is 2.05. The molecule has 0 aliphatic carbocycles. The highest BCUT2D eigenvalue weighted by atomic mass is 35.5. The number of hydrogen-bond donors (Lipinski definition) is 2. The minimum absolute atomic E-state index is 0. The van der Waals surface area contributed by atoms with Gasteiger partial charge in [-0.1, -0.05) is 0 Å². The number of nitrogens with two attached hydrogens (primary N) is 1. The number of hydrogen-bond acceptors (Lipinski definition) is 3. The summed E-state index contributed by atoms with van der Waals surface area (Å²) in [5.74, 6) is 0.117. The third-order valence-corrected chi connectivity index (χ3v) is 2.52. The van der Waals surface area contributed by atoms with Crippen molar-refractivity contribution >= 4 is 18.3 Å². The minimum atomic E-state index is -0.226. The number of rotatable bonds is 3. The standard InChI is InChI=1S/C10H21N3O.ClH/c1-10(2,11)7-13-6-4-5-8(13)9(14)12-3;/h8H,4-7,11H2,1-3H3,(H,12,14);1H/t8-;/m0./s1. The van der Waals surface area contributed by atoms with E-state index in [0.717, 1.165) is 25.9 Å². The summed E-state index contributed by atoms with van der Waals surface area (Å²) in [6, 6.07) is 0.0304. The van der Waals surface area contributed by atoms with Crippen molar-refractivity contribution in [2.24, 2.45) is 5.73 Å². The number of carbonyl (C=O) groups excluding carboxylic acids is 1. The molecule has 0 aromatic heterocycles. The van der Waals surface area contributed by atoms with Gasteiger partial charge in [0.15, 0.2) is 0 Å². The van der Waals surface area contributed by atoms with Crippen molar-refractivity contribution in [3.63, 3.8) is 0 Å². The zero-order valence-corrected chi connectivity index (χ0v) is 10.6. The fourth-order valence-electron chi connectivity index (χ4n) is 2.00. The van der Waals surface area contributed by atoms with Crippen molar-refractivity contribution in [2.75, 3.05) is 20.1 Å². The summed E-state index contributed by atoms with van der Waals surface area (Å²) >= 11 is 0. The molecule has 90 valence electrons. The summed E-state index contributed by atoms with van der Waals surface area (Å²) in [4.78, 5) is 13.7. The summed E-state index contributed by atoms with van der Waals surface area (Å²) in [7, 11) is 1.69. The quantitative estimate of drug-likeness (QED) is 0.743. The zero-order valence-electron chi connectivity index (χ0n) is 9.75. The van der Waals surface area contributed by atoms with E-state index in [1.165, 1.54) is 0 Å². The van der Waals surface area contributed by atoms with Gasteiger partial charge in [0.2, 0.25) is 5.91 Å². The normalized spacial score (nSPS) is 22.3. The molecule has 3 N–H and O–H groups in total. The Kier molecular flexibility index (Phi) is 5.56. The van der Waals surface area contributed by atoms with E-state index in [-0.39, 0.29) is 29.9 Å². The van der Waals surface area contributed by atoms with Gasteiger partial charge in [-0.25, -0.2) is 0 Å². The van der Waals surface area contributed by atoms with Crippen LogP contribution in [0.25, 0.3) is 0 Å². The van der Waals surface area contributed by atoms with Crippen LogP contribution in [-0.4, -0.2) is 42.5 Å². The minimum Gasteiger partial charge on any atom is -0.358 e. The Morgan fingerprint density at radius 3 is 2.67 bits per heavy atom. The second-order valence-electron chi connectivity index (χ2n) is 4.73. The van der Waals surface area contributed by atoms with Crippen LogP contribution in [0.15, 0.2) is 0 Å². The van der Waals surface area contributed by atoms with E-state index < -0.39 is 0 Å². The van der Waals surface area contributed by atoms with Gasteiger partial charge in [-0.15, -0.1) is 12.4 Å². The molecule has 5 heteroatoms. The topological polar surface area (TPSA) is 58.4 Å². The van der Waals surface area contributed by atoms with Gasteiger partial charge in [0.1, 0.15) is 0 Å². The molecule has 1 atom stereocenters. The van der Waals surface area contributed by atoms with Crippen LogP contribution in [-0.2, 0) is 4.79 Å². The van der Waals surface area contributed by atoms with Crippen LogP contribution in [0.3, 0.4) is 0 Å². The predicted octanol–water partition coefficient (Wildman–Crippen LogP) is 0.356. The highest BCUT2D eigenvalue weighted by molar-refractivity contribution is 5.85. The van der Waals surface area contributed by atoms with Crippen LogP contribution < -0.4 is 11.1 Å². The molecule has 1 amide bonds. The first-order valence-electron chi connectivity index (χ1n) is 5.18. The van der Waals surface area contributed by atoms with E-state index in [9.17, 15) is 4.79 Å². The molecule has 1 fully saturated rings. The lowest BCUT2D eigenvalue weighted by Gasteiger charge is -2.30. The lowest BCUT2D eigenvalue weighted by molar-refractivity contribution is -0.125.